The first kappa shape index (κ1) is 14.1. The number of aromatic nitrogens is 3. The highest BCUT2D eigenvalue weighted by Crippen LogP contribution is 2.35. The van der Waals surface area contributed by atoms with Crippen LogP contribution in [0.15, 0.2) is 35.1 Å². The summed E-state index contributed by atoms with van der Waals surface area (Å²) in [4.78, 5) is 11.0. The van der Waals surface area contributed by atoms with Crippen LogP contribution in [-0.2, 0) is 0 Å². The van der Waals surface area contributed by atoms with E-state index in [9.17, 15) is 4.39 Å². The number of rotatable bonds is 2. The standard InChI is InChI=1S/C17H17FN4O/c1-11-4-2-3-9-22(11)16-14-15(12-5-7-13(18)8-6-12)21-23-17(14)20-10-19-16/h5-8,10-11H,2-4,9H2,1H3. The zero-order chi connectivity index (χ0) is 15.8. The first-order valence-corrected chi connectivity index (χ1v) is 7.87. The molecule has 0 spiro atoms. The summed E-state index contributed by atoms with van der Waals surface area (Å²) in [6.45, 7) is 3.17. The maximum Gasteiger partial charge on any atom is 0.263 e. The van der Waals surface area contributed by atoms with Gasteiger partial charge in [0.15, 0.2) is 0 Å². The SMILES string of the molecule is CC1CCCCN1c1ncnc2onc(-c3ccc(F)cc3)c12. The van der Waals surface area contributed by atoms with Crippen molar-refractivity contribution in [3.63, 3.8) is 0 Å². The Morgan fingerprint density at radius 2 is 2.00 bits per heavy atom. The fourth-order valence-electron chi connectivity index (χ4n) is 3.21. The van der Waals surface area contributed by atoms with Gasteiger partial charge in [-0.25, -0.2) is 9.37 Å². The molecule has 3 aromatic rings. The molecule has 1 unspecified atom stereocenters. The van der Waals surface area contributed by atoms with E-state index in [4.69, 9.17) is 4.52 Å². The van der Waals surface area contributed by atoms with E-state index in [2.05, 4.69) is 26.9 Å². The minimum absolute atomic E-state index is 0.275. The summed E-state index contributed by atoms with van der Waals surface area (Å²) in [5, 5.41) is 4.95. The average molecular weight is 312 g/mol. The maximum absolute atomic E-state index is 13.2. The summed E-state index contributed by atoms with van der Waals surface area (Å²) in [6, 6.07) is 6.65. The van der Waals surface area contributed by atoms with Crippen LogP contribution in [0.3, 0.4) is 0 Å². The number of fused-ring (bicyclic) bond motifs is 1. The van der Waals surface area contributed by atoms with Gasteiger partial charge in [0.1, 0.15) is 29.0 Å². The zero-order valence-corrected chi connectivity index (χ0v) is 12.9. The number of benzene rings is 1. The maximum atomic E-state index is 13.2. The normalized spacial score (nSPS) is 18.5. The van der Waals surface area contributed by atoms with E-state index in [-0.39, 0.29) is 5.82 Å². The molecule has 1 aliphatic rings. The number of hydrogen-bond donors (Lipinski definition) is 0. The molecule has 118 valence electrons. The Bertz CT molecular complexity index is 830. The average Bonchev–Trinajstić information content (AvgIpc) is 3.00. The van der Waals surface area contributed by atoms with Crippen LogP contribution in [0, 0.1) is 5.82 Å². The van der Waals surface area contributed by atoms with Gasteiger partial charge < -0.3 is 9.42 Å². The lowest BCUT2D eigenvalue weighted by atomic mass is 10.0. The quantitative estimate of drug-likeness (QED) is 0.720. The van der Waals surface area contributed by atoms with E-state index in [0.717, 1.165) is 36.2 Å². The van der Waals surface area contributed by atoms with Gasteiger partial charge in [-0.05, 0) is 50.5 Å². The number of piperidine rings is 1. The van der Waals surface area contributed by atoms with Crippen LogP contribution in [0.4, 0.5) is 10.2 Å². The Morgan fingerprint density at radius 1 is 1.17 bits per heavy atom. The predicted octanol–water partition coefficient (Wildman–Crippen LogP) is 3.80. The van der Waals surface area contributed by atoms with Crippen molar-refractivity contribution in [3.8, 4) is 11.3 Å². The summed E-state index contributed by atoms with van der Waals surface area (Å²) < 4.78 is 18.6. The summed E-state index contributed by atoms with van der Waals surface area (Å²) in [7, 11) is 0. The molecule has 0 radical (unpaired) electrons. The van der Waals surface area contributed by atoms with Gasteiger partial charge in [-0.1, -0.05) is 5.16 Å². The number of halogens is 1. The minimum atomic E-state index is -0.275. The van der Waals surface area contributed by atoms with E-state index in [0.29, 0.717) is 17.4 Å². The minimum Gasteiger partial charge on any atom is -0.353 e. The number of hydrogen-bond acceptors (Lipinski definition) is 5. The van der Waals surface area contributed by atoms with E-state index >= 15 is 0 Å². The molecule has 23 heavy (non-hydrogen) atoms. The highest BCUT2D eigenvalue weighted by molar-refractivity contribution is 5.97. The van der Waals surface area contributed by atoms with Crippen molar-refractivity contribution >= 4 is 16.9 Å². The van der Waals surface area contributed by atoms with Crippen LogP contribution in [-0.4, -0.2) is 27.7 Å². The second-order valence-corrected chi connectivity index (χ2v) is 5.95. The van der Waals surface area contributed by atoms with Crippen molar-refractivity contribution in [3.05, 3.63) is 36.4 Å². The molecule has 1 aromatic carbocycles. The van der Waals surface area contributed by atoms with Gasteiger partial charge in [-0.2, -0.15) is 4.98 Å². The van der Waals surface area contributed by atoms with Crippen molar-refractivity contribution in [1.29, 1.82) is 0 Å². The largest absolute Gasteiger partial charge is 0.353 e. The molecule has 1 saturated heterocycles. The molecular formula is C17H17FN4O. The van der Waals surface area contributed by atoms with Gasteiger partial charge in [-0.15, -0.1) is 0 Å². The third-order valence-corrected chi connectivity index (χ3v) is 4.45. The lowest BCUT2D eigenvalue weighted by Crippen LogP contribution is -2.38. The lowest BCUT2D eigenvalue weighted by Gasteiger charge is -2.34. The second-order valence-electron chi connectivity index (χ2n) is 5.95. The summed E-state index contributed by atoms with van der Waals surface area (Å²) in [5.74, 6) is 0.574. The Hall–Kier alpha value is -2.50. The van der Waals surface area contributed by atoms with Gasteiger partial charge in [-0.3, -0.25) is 0 Å². The second kappa shape index (κ2) is 5.61. The van der Waals surface area contributed by atoms with Gasteiger partial charge in [0.2, 0.25) is 0 Å². The van der Waals surface area contributed by atoms with Crippen molar-refractivity contribution in [2.75, 3.05) is 11.4 Å². The van der Waals surface area contributed by atoms with Gasteiger partial charge >= 0.3 is 0 Å². The molecule has 0 N–H and O–H groups in total. The molecule has 2 aromatic heterocycles. The first-order chi connectivity index (χ1) is 11.2. The molecule has 6 heteroatoms. The monoisotopic (exact) mass is 312 g/mol. The third kappa shape index (κ3) is 2.44. The molecule has 1 aliphatic heterocycles. The number of anilines is 1. The van der Waals surface area contributed by atoms with E-state index in [1.807, 2.05) is 0 Å². The molecule has 0 saturated carbocycles. The highest BCUT2D eigenvalue weighted by atomic mass is 19.1. The van der Waals surface area contributed by atoms with Crippen LogP contribution in [0.25, 0.3) is 22.4 Å². The molecule has 5 nitrogen and oxygen atoms in total. The Morgan fingerprint density at radius 3 is 2.78 bits per heavy atom. The fraction of sp³-hybridized carbons (Fsp3) is 0.353. The van der Waals surface area contributed by atoms with E-state index < -0.39 is 0 Å². The molecule has 0 bridgehead atoms. The van der Waals surface area contributed by atoms with Crippen molar-refractivity contribution < 1.29 is 8.91 Å². The summed E-state index contributed by atoms with van der Waals surface area (Å²) in [5.41, 5.74) is 1.92. The highest BCUT2D eigenvalue weighted by Gasteiger charge is 2.25. The molecule has 0 aliphatic carbocycles. The predicted molar refractivity (Wildman–Crippen MR) is 85.7 cm³/mol. The Labute approximate surface area is 133 Å². The van der Waals surface area contributed by atoms with Crippen molar-refractivity contribution in [2.45, 2.75) is 32.2 Å². The van der Waals surface area contributed by atoms with Crippen molar-refractivity contribution in [2.24, 2.45) is 0 Å². The molecule has 1 fully saturated rings. The lowest BCUT2D eigenvalue weighted by molar-refractivity contribution is 0.451. The summed E-state index contributed by atoms with van der Waals surface area (Å²) in [6.07, 6.45) is 5.04. The van der Waals surface area contributed by atoms with E-state index in [1.165, 1.54) is 24.9 Å². The van der Waals surface area contributed by atoms with E-state index in [1.54, 1.807) is 12.1 Å². The molecular weight excluding hydrogens is 295 g/mol. The molecule has 3 heterocycles. The van der Waals surface area contributed by atoms with Gasteiger partial charge in [0.05, 0.1) is 0 Å². The van der Waals surface area contributed by atoms with Crippen LogP contribution in [0.5, 0.6) is 0 Å². The molecule has 1 atom stereocenters. The van der Waals surface area contributed by atoms with Crippen molar-refractivity contribution in [1.82, 2.24) is 15.1 Å². The number of nitrogens with zero attached hydrogens (tertiary/aromatic N) is 4. The zero-order valence-electron chi connectivity index (χ0n) is 12.9. The first-order valence-electron chi connectivity index (χ1n) is 7.87. The Kier molecular flexibility index (Phi) is 3.44. The fourth-order valence-corrected chi connectivity index (χ4v) is 3.21. The smallest absolute Gasteiger partial charge is 0.263 e. The molecule has 4 rings (SSSR count). The Balaban J connectivity index is 1.88. The molecule has 0 amide bonds. The van der Waals surface area contributed by atoms with Crippen LogP contribution in [0.2, 0.25) is 0 Å². The third-order valence-electron chi connectivity index (χ3n) is 4.45. The topological polar surface area (TPSA) is 55.1 Å². The van der Waals surface area contributed by atoms with Crippen LogP contribution >= 0.6 is 0 Å². The van der Waals surface area contributed by atoms with Gasteiger partial charge in [0.25, 0.3) is 5.71 Å². The van der Waals surface area contributed by atoms with Crippen LogP contribution in [0.1, 0.15) is 26.2 Å². The van der Waals surface area contributed by atoms with Gasteiger partial charge in [0, 0.05) is 18.2 Å². The van der Waals surface area contributed by atoms with Crippen LogP contribution < -0.4 is 4.90 Å². The summed E-state index contributed by atoms with van der Waals surface area (Å²) >= 11 is 0.